The lowest BCUT2D eigenvalue weighted by Gasteiger charge is -2.32. The smallest absolute Gasteiger partial charge is 0.404 e. The van der Waals surface area contributed by atoms with Crippen molar-refractivity contribution >= 4 is 17.3 Å². The van der Waals surface area contributed by atoms with Crippen molar-refractivity contribution in [2.45, 2.75) is 37.1 Å². The molecule has 1 aromatic carbocycles. The minimum atomic E-state index is -4.35. The first-order valence-electron chi connectivity index (χ1n) is 10.5. The molecular weight excluding hydrogens is 430 g/mol. The van der Waals surface area contributed by atoms with Gasteiger partial charge in [0.15, 0.2) is 0 Å². The van der Waals surface area contributed by atoms with Crippen molar-refractivity contribution in [2.75, 3.05) is 26.2 Å². The van der Waals surface area contributed by atoms with Crippen molar-refractivity contribution in [1.82, 2.24) is 4.90 Å². The van der Waals surface area contributed by atoms with Gasteiger partial charge in [-0.25, -0.2) is 4.39 Å². The number of nitrogens with zero attached hydrogens (tertiary/aromatic N) is 1. The average molecular weight is 456 g/mol. The van der Waals surface area contributed by atoms with Gasteiger partial charge in [-0.1, -0.05) is 12.2 Å². The molecule has 0 saturated carbocycles. The van der Waals surface area contributed by atoms with E-state index >= 15 is 0 Å². The highest BCUT2D eigenvalue weighted by Crippen LogP contribution is 2.50. The molecule has 3 nitrogen and oxygen atoms in total. The Morgan fingerprint density at radius 1 is 1.23 bits per heavy atom. The van der Waals surface area contributed by atoms with Crippen molar-refractivity contribution in [1.29, 1.82) is 0 Å². The monoisotopic (exact) mass is 455 g/mol. The Labute approximate surface area is 183 Å². The van der Waals surface area contributed by atoms with Crippen LogP contribution in [0.4, 0.5) is 17.6 Å². The fourth-order valence-electron chi connectivity index (χ4n) is 4.25. The van der Waals surface area contributed by atoms with E-state index in [1.807, 2.05) is 6.08 Å². The van der Waals surface area contributed by atoms with Crippen LogP contribution >= 0.6 is 11.8 Å². The number of halogens is 4. The molecule has 1 atom stereocenters. The van der Waals surface area contributed by atoms with Crippen LogP contribution in [0.3, 0.4) is 0 Å². The molecule has 8 heteroatoms. The molecule has 3 heterocycles. The standard InChI is InChI=1S/C23H25F4NO2S/c24-16-3-4-17-18(2-1-10-28-11-7-15(8-12-28)9-13-29)22-19(30-20(17)14-16)5-6-21(31-22)23(25,26)27/h2-6,14-15,21,29H,1,7-13H2. The summed E-state index contributed by atoms with van der Waals surface area (Å²) in [5.74, 6) is 0.771. The van der Waals surface area contributed by atoms with Crippen molar-refractivity contribution in [3.8, 4) is 5.75 Å². The molecule has 3 aliphatic rings. The van der Waals surface area contributed by atoms with Gasteiger partial charge in [-0.3, -0.25) is 0 Å². The zero-order chi connectivity index (χ0) is 22.0. The van der Waals surface area contributed by atoms with Crippen LogP contribution in [0.2, 0.25) is 0 Å². The van der Waals surface area contributed by atoms with E-state index in [0.29, 0.717) is 39.9 Å². The summed E-state index contributed by atoms with van der Waals surface area (Å²) in [4.78, 5) is 2.79. The summed E-state index contributed by atoms with van der Waals surface area (Å²) in [6.45, 7) is 2.94. The summed E-state index contributed by atoms with van der Waals surface area (Å²) in [6.07, 6.45) is 3.65. The molecule has 1 saturated heterocycles. The van der Waals surface area contributed by atoms with Gasteiger partial charge in [-0.15, -0.1) is 11.8 Å². The number of allylic oxidation sites excluding steroid dienone is 2. The number of fused-ring (bicyclic) bond motifs is 1. The molecule has 0 spiro atoms. The molecule has 0 radical (unpaired) electrons. The van der Waals surface area contributed by atoms with Crippen LogP contribution in [0.1, 0.15) is 31.2 Å². The normalized spacial score (nSPS) is 23.6. The Hall–Kier alpha value is -1.77. The Balaban J connectivity index is 1.52. The van der Waals surface area contributed by atoms with Crippen LogP contribution in [0.25, 0.3) is 5.57 Å². The van der Waals surface area contributed by atoms with Crippen LogP contribution in [-0.4, -0.2) is 47.7 Å². The second-order valence-electron chi connectivity index (χ2n) is 8.08. The van der Waals surface area contributed by atoms with E-state index in [1.54, 1.807) is 6.07 Å². The lowest BCUT2D eigenvalue weighted by Crippen LogP contribution is -2.34. The van der Waals surface area contributed by atoms with E-state index < -0.39 is 17.2 Å². The van der Waals surface area contributed by atoms with Crippen LogP contribution in [0.15, 0.2) is 47.1 Å². The SMILES string of the molecule is OCCC1CCN(CCC=C2C3=C(C=CC(C(F)(F)F)S3)Oc3cc(F)ccc32)CC1. The van der Waals surface area contributed by atoms with Gasteiger partial charge in [-0.2, -0.15) is 13.2 Å². The molecule has 0 aliphatic carbocycles. The molecule has 0 aromatic heterocycles. The molecule has 0 bridgehead atoms. The summed E-state index contributed by atoms with van der Waals surface area (Å²) < 4.78 is 59.5. The zero-order valence-corrected chi connectivity index (χ0v) is 17.8. The second kappa shape index (κ2) is 9.38. The van der Waals surface area contributed by atoms with Crippen LogP contribution in [0, 0.1) is 11.7 Å². The van der Waals surface area contributed by atoms with E-state index in [2.05, 4.69) is 4.90 Å². The number of ether oxygens (including phenoxy) is 1. The molecule has 1 aromatic rings. The van der Waals surface area contributed by atoms with Crippen LogP contribution < -0.4 is 4.74 Å². The van der Waals surface area contributed by atoms with Gasteiger partial charge in [-0.05, 0) is 68.5 Å². The molecule has 3 aliphatic heterocycles. The van der Waals surface area contributed by atoms with Crippen molar-refractivity contribution in [3.05, 3.63) is 58.5 Å². The summed E-state index contributed by atoms with van der Waals surface area (Å²) >= 11 is 0.734. The largest absolute Gasteiger partial charge is 0.455 e. The topological polar surface area (TPSA) is 32.7 Å². The van der Waals surface area contributed by atoms with Gasteiger partial charge in [0.2, 0.25) is 0 Å². The molecule has 0 amide bonds. The first kappa shape index (κ1) is 22.4. The van der Waals surface area contributed by atoms with Crippen LogP contribution in [0.5, 0.6) is 5.75 Å². The van der Waals surface area contributed by atoms with Gasteiger partial charge >= 0.3 is 6.18 Å². The van der Waals surface area contributed by atoms with E-state index in [9.17, 15) is 17.6 Å². The molecule has 4 rings (SSSR count). The minimum Gasteiger partial charge on any atom is -0.455 e. The average Bonchev–Trinajstić information content (AvgIpc) is 2.73. The number of hydrogen-bond donors (Lipinski definition) is 1. The summed E-state index contributed by atoms with van der Waals surface area (Å²) in [5.41, 5.74) is 1.29. The number of hydrogen-bond acceptors (Lipinski definition) is 4. The molecular formula is C23H25F4NO2S. The third-order valence-electron chi connectivity index (χ3n) is 5.95. The second-order valence-corrected chi connectivity index (χ2v) is 9.23. The molecule has 1 unspecified atom stereocenters. The van der Waals surface area contributed by atoms with E-state index in [-0.39, 0.29) is 6.61 Å². The van der Waals surface area contributed by atoms with Crippen molar-refractivity contribution in [3.63, 3.8) is 0 Å². The predicted octanol–water partition coefficient (Wildman–Crippen LogP) is 5.53. The molecule has 1 N–H and O–H groups in total. The Kier molecular flexibility index (Phi) is 6.79. The number of piperidine rings is 1. The maximum atomic E-state index is 13.7. The summed E-state index contributed by atoms with van der Waals surface area (Å²) in [5, 5.41) is 7.46. The maximum Gasteiger partial charge on any atom is 0.404 e. The summed E-state index contributed by atoms with van der Waals surface area (Å²) in [7, 11) is 0. The predicted molar refractivity (Wildman–Crippen MR) is 114 cm³/mol. The number of thioether (sulfide) groups is 1. The van der Waals surface area contributed by atoms with Crippen LogP contribution in [-0.2, 0) is 0 Å². The Bertz CT molecular complexity index is 901. The van der Waals surface area contributed by atoms with Gasteiger partial charge in [0.25, 0.3) is 0 Å². The summed E-state index contributed by atoms with van der Waals surface area (Å²) in [6, 6.07) is 4.15. The first-order valence-corrected chi connectivity index (χ1v) is 11.4. The van der Waals surface area contributed by atoms with Crippen molar-refractivity contribution in [2.24, 2.45) is 5.92 Å². The van der Waals surface area contributed by atoms with Gasteiger partial charge in [0.1, 0.15) is 22.6 Å². The molecule has 1 fully saturated rings. The fourth-order valence-corrected chi connectivity index (χ4v) is 5.34. The number of likely N-dealkylation sites (tertiary alicyclic amines) is 1. The molecule has 31 heavy (non-hydrogen) atoms. The molecule has 168 valence electrons. The fraction of sp³-hybridized carbons (Fsp3) is 0.478. The maximum absolute atomic E-state index is 13.7. The third-order valence-corrected chi connectivity index (χ3v) is 7.29. The number of aliphatic hydroxyl groups excluding tert-OH is 1. The first-order chi connectivity index (χ1) is 14.8. The highest BCUT2D eigenvalue weighted by atomic mass is 32.2. The highest BCUT2D eigenvalue weighted by molar-refractivity contribution is 8.04. The Morgan fingerprint density at radius 3 is 2.71 bits per heavy atom. The van der Waals surface area contributed by atoms with Crippen molar-refractivity contribution < 1.29 is 27.4 Å². The Morgan fingerprint density at radius 2 is 2.00 bits per heavy atom. The van der Waals surface area contributed by atoms with E-state index in [4.69, 9.17) is 9.84 Å². The minimum absolute atomic E-state index is 0.224. The number of benzene rings is 1. The number of alkyl halides is 3. The lowest BCUT2D eigenvalue weighted by atomic mass is 9.94. The van der Waals surface area contributed by atoms with Gasteiger partial charge in [0, 0.05) is 24.8 Å². The third kappa shape index (κ3) is 5.18. The number of rotatable bonds is 5. The quantitative estimate of drug-likeness (QED) is 0.592. The number of aliphatic hydroxyl groups is 1. The van der Waals surface area contributed by atoms with Gasteiger partial charge < -0.3 is 14.7 Å². The highest BCUT2D eigenvalue weighted by Gasteiger charge is 2.42. The van der Waals surface area contributed by atoms with E-state index in [0.717, 1.165) is 56.7 Å². The van der Waals surface area contributed by atoms with E-state index in [1.165, 1.54) is 18.2 Å². The zero-order valence-electron chi connectivity index (χ0n) is 17.0. The van der Waals surface area contributed by atoms with Gasteiger partial charge in [0.05, 0.1) is 4.91 Å². The lowest BCUT2D eigenvalue weighted by molar-refractivity contribution is -0.120.